The molecule has 0 spiro atoms. The maximum atomic E-state index is 14.0. The largest absolute Gasteiger partial charge is 0.497 e. The normalized spacial score (nSPS) is 13.3. The average Bonchev–Trinajstić information content (AvgIpc) is 3.07. The second kappa shape index (κ2) is 18.3. The number of rotatable bonds is 14. The fourth-order valence-corrected chi connectivity index (χ4v) is 5.41. The molecule has 0 aromatic heterocycles. The van der Waals surface area contributed by atoms with Gasteiger partial charge in [-0.15, -0.1) is 0 Å². The van der Waals surface area contributed by atoms with Crippen LogP contribution in [0.1, 0.15) is 67.7 Å². The van der Waals surface area contributed by atoms with Crippen molar-refractivity contribution in [3.05, 3.63) is 99.0 Å². The Morgan fingerprint density at radius 2 is 1.49 bits per heavy atom. The van der Waals surface area contributed by atoms with Crippen molar-refractivity contribution in [2.24, 2.45) is 5.92 Å². The Morgan fingerprint density at radius 3 is 2.04 bits per heavy atom. The Labute approximate surface area is 315 Å². The van der Waals surface area contributed by atoms with Crippen molar-refractivity contribution >= 4 is 52.8 Å². The lowest BCUT2D eigenvalue weighted by Gasteiger charge is -2.27. The third-order valence-electron chi connectivity index (χ3n) is 7.61. The van der Waals surface area contributed by atoms with Gasteiger partial charge in [0, 0.05) is 28.6 Å². The number of halogens is 5. The summed E-state index contributed by atoms with van der Waals surface area (Å²) < 4.78 is 50.7. The van der Waals surface area contributed by atoms with Crippen LogP contribution in [0.5, 0.6) is 5.75 Å². The van der Waals surface area contributed by atoms with Gasteiger partial charge in [0.1, 0.15) is 23.4 Å². The van der Waals surface area contributed by atoms with Crippen LogP contribution in [-0.4, -0.2) is 60.6 Å². The van der Waals surface area contributed by atoms with E-state index in [9.17, 15) is 37.1 Å². The van der Waals surface area contributed by atoms with Gasteiger partial charge in [-0.3, -0.25) is 19.2 Å². The fourth-order valence-electron chi connectivity index (χ4n) is 4.95. The van der Waals surface area contributed by atoms with Gasteiger partial charge in [-0.25, -0.2) is 4.79 Å². The van der Waals surface area contributed by atoms with Crippen LogP contribution in [0.25, 0.3) is 0 Å². The van der Waals surface area contributed by atoms with Crippen LogP contribution in [0, 0.1) is 5.92 Å². The van der Waals surface area contributed by atoms with Crippen molar-refractivity contribution in [1.82, 2.24) is 21.3 Å². The lowest BCUT2D eigenvalue weighted by atomic mass is 9.97. The lowest BCUT2D eigenvalue weighted by molar-refractivity contribution is -0.175. The molecule has 0 heterocycles. The van der Waals surface area contributed by atoms with Crippen LogP contribution in [0.3, 0.4) is 0 Å². The zero-order valence-electron chi connectivity index (χ0n) is 29.8. The van der Waals surface area contributed by atoms with E-state index in [1.807, 2.05) is 0 Å². The van der Waals surface area contributed by atoms with Crippen LogP contribution >= 0.6 is 23.2 Å². The van der Waals surface area contributed by atoms with Crippen molar-refractivity contribution in [2.45, 2.75) is 77.5 Å². The number of benzene rings is 3. The summed E-state index contributed by atoms with van der Waals surface area (Å²) in [5.74, 6) is -5.44. The molecule has 0 unspecified atom stereocenters. The molecule has 0 saturated heterocycles. The molecule has 11 nitrogen and oxygen atoms in total. The maximum absolute atomic E-state index is 14.0. The van der Waals surface area contributed by atoms with Gasteiger partial charge in [0.15, 0.2) is 0 Å². The number of ether oxygens (including phenoxy) is 2. The number of nitrogens with one attached hydrogen (secondary N) is 4. The molecule has 0 aliphatic rings. The summed E-state index contributed by atoms with van der Waals surface area (Å²) in [7, 11) is 1.40. The highest BCUT2D eigenvalue weighted by Crippen LogP contribution is 2.24. The van der Waals surface area contributed by atoms with Gasteiger partial charge in [0.05, 0.1) is 13.2 Å². The Hall–Kier alpha value is -4.82. The number of Topliss-reactive ketones (excluding diaryl/α,β-unsaturated/α-hetero) is 1. The monoisotopic (exact) mass is 780 g/mol. The van der Waals surface area contributed by atoms with E-state index in [0.29, 0.717) is 21.9 Å². The topological polar surface area (TPSA) is 152 Å². The first kappa shape index (κ1) is 42.6. The summed E-state index contributed by atoms with van der Waals surface area (Å²) in [4.78, 5) is 65.5. The number of carbonyl (C=O) groups excluding carboxylic acids is 5. The fraction of sp³-hybridized carbons (Fsp3) is 0.378. The molecule has 3 aromatic rings. The molecule has 0 fully saturated rings. The number of alkyl halides is 3. The first-order valence-electron chi connectivity index (χ1n) is 16.3. The summed E-state index contributed by atoms with van der Waals surface area (Å²) in [6.45, 7) is 7.80. The summed E-state index contributed by atoms with van der Waals surface area (Å²) in [5.41, 5.74) is 0.480. The molecule has 0 bridgehead atoms. The van der Waals surface area contributed by atoms with Crippen molar-refractivity contribution in [2.75, 3.05) is 7.11 Å². The average molecular weight is 782 g/mol. The van der Waals surface area contributed by atoms with E-state index in [4.69, 9.17) is 32.7 Å². The van der Waals surface area contributed by atoms with Gasteiger partial charge in [-0.1, -0.05) is 67.4 Å². The quantitative estimate of drug-likeness (QED) is 0.146. The second-order valence-corrected chi connectivity index (χ2v) is 14.2. The molecular weight excluding hydrogens is 740 g/mol. The Kier molecular flexibility index (Phi) is 14.7. The first-order valence-corrected chi connectivity index (χ1v) is 17.1. The van der Waals surface area contributed by atoms with E-state index >= 15 is 0 Å². The number of amides is 4. The third-order valence-corrected chi connectivity index (χ3v) is 8.20. The van der Waals surface area contributed by atoms with Gasteiger partial charge in [-0.05, 0) is 79.8 Å². The second-order valence-electron chi connectivity index (χ2n) is 13.3. The summed E-state index contributed by atoms with van der Waals surface area (Å²) in [6, 6.07) is 11.6. The smallest absolute Gasteiger partial charge is 0.452 e. The molecule has 4 amide bonds. The van der Waals surface area contributed by atoms with Crippen LogP contribution < -0.4 is 26.0 Å². The van der Waals surface area contributed by atoms with Gasteiger partial charge in [-0.2, -0.15) is 13.2 Å². The highest BCUT2D eigenvalue weighted by atomic mass is 35.5. The number of ketones is 1. The molecule has 0 saturated carbocycles. The van der Waals surface area contributed by atoms with E-state index in [0.717, 1.165) is 0 Å². The van der Waals surface area contributed by atoms with Crippen LogP contribution in [0.2, 0.25) is 10.0 Å². The minimum atomic E-state index is -5.23. The Balaban J connectivity index is 1.93. The number of methoxy groups -OCH3 is 1. The minimum Gasteiger partial charge on any atom is -0.497 e. The minimum absolute atomic E-state index is 0.00348. The molecule has 0 aliphatic carbocycles. The van der Waals surface area contributed by atoms with E-state index in [1.165, 1.54) is 63.4 Å². The molecular formula is C37H41Cl2F3N4O7. The molecule has 3 aromatic carbocycles. The molecule has 16 heteroatoms. The predicted octanol–water partition coefficient (Wildman–Crippen LogP) is 6.50. The molecule has 286 valence electrons. The highest BCUT2D eigenvalue weighted by Gasteiger charge is 2.45. The number of alkyl carbamates (subject to hydrolysis) is 1. The van der Waals surface area contributed by atoms with Gasteiger partial charge in [0.2, 0.25) is 11.8 Å². The summed E-state index contributed by atoms with van der Waals surface area (Å²) in [6.07, 6.45) is -6.02. The van der Waals surface area contributed by atoms with Crippen LogP contribution in [0.15, 0.2) is 66.7 Å². The standard InChI is InChI=1S/C37H41Cl2F3N4O7/c1-20(2)29(31(47)37(40,41)42)45-34(50)30(22-12-14-26(52-6)15-13-22)46-33(49)28(17-21-8-7-9-25(38)16-21)44-32(48)23-10-11-24(27(39)18-23)19-43-35(51)53-36(3,4)5/h7-16,18,20,28-30H,17,19H2,1-6H3,(H,43,51)(H,44,48)(H,45,50)(H,46,49)/t28-,29-,30-/m0/s1. The maximum Gasteiger partial charge on any atom is 0.452 e. The summed E-state index contributed by atoms with van der Waals surface area (Å²) in [5, 5.41) is 10.4. The van der Waals surface area contributed by atoms with E-state index in [1.54, 1.807) is 45.0 Å². The molecule has 4 N–H and O–H groups in total. The lowest BCUT2D eigenvalue weighted by Crippen LogP contribution is -2.55. The SMILES string of the molecule is COc1ccc([C@H](NC(=O)[C@H](Cc2cccc(Cl)c2)NC(=O)c2ccc(CNC(=O)OC(C)(C)C)c(Cl)c2)C(=O)N[C@H](C(=O)C(F)(F)F)C(C)C)cc1. The molecule has 3 rings (SSSR count). The van der Waals surface area contributed by atoms with E-state index in [-0.39, 0.29) is 29.1 Å². The van der Waals surface area contributed by atoms with Gasteiger partial charge in [0.25, 0.3) is 11.7 Å². The molecule has 0 radical (unpaired) electrons. The van der Waals surface area contributed by atoms with Crippen molar-refractivity contribution in [3.8, 4) is 5.75 Å². The van der Waals surface area contributed by atoms with Crippen molar-refractivity contribution in [3.63, 3.8) is 0 Å². The highest BCUT2D eigenvalue weighted by molar-refractivity contribution is 6.31. The predicted molar refractivity (Wildman–Crippen MR) is 193 cm³/mol. The van der Waals surface area contributed by atoms with Crippen LogP contribution in [0.4, 0.5) is 18.0 Å². The first-order chi connectivity index (χ1) is 24.7. The molecule has 3 atom stereocenters. The zero-order valence-corrected chi connectivity index (χ0v) is 31.3. The number of hydrogen-bond acceptors (Lipinski definition) is 7. The van der Waals surface area contributed by atoms with Crippen molar-refractivity contribution < 1.29 is 46.6 Å². The zero-order chi connectivity index (χ0) is 39.7. The number of hydrogen-bond donors (Lipinski definition) is 4. The van der Waals surface area contributed by atoms with E-state index < -0.39 is 65.4 Å². The van der Waals surface area contributed by atoms with Crippen LogP contribution in [-0.2, 0) is 32.1 Å². The summed E-state index contributed by atoms with van der Waals surface area (Å²) >= 11 is 12.6. The Bertz CT molecular complexity index is 1800. The number of carbonyl (C=O) groups is 5. The van der Waals surface area contributed by atoms with Gasteiger partial charge < -0.3 is 30.7 Å². The molecule has 53 heavy (non-hydrogen) atoms. The van der Waals surface area contributed by atoms with Gasteiger partial charge >= 0.3 is 12.3 Å². The third kappa shape index (κ3) is 13.0. The molecule has 0 aliphatic heterocycles. The van der Waals surface area contributed by atoms with Crippen molar-refractivity contribution in [1.29, 1.82) is 0 Å². The van der Waals surface area contributed by atoms with E-state index in [2.05, 4.69) is 21.3 Å². The Morgan fingerprint density at radius 1 is 0.830 bits per heavy atom.